The van der Waals surface area contributed by atoms with Crippen LogP contribution >= 0.6 is 0 Å². The van der Waals surface area contributed by atoms with Gasteiger partial charge in [0.25, 0.3) is 0 Å². The Kier molecular flexibility index (Phi) is 22.2. The van der Waals surface area contributed by atoms with Crippen LogP contribution in [0.15, 0.2) is 48.5 Å². The molecule has 0 fully saturated rings. The Morgan fingerprint density at radius 3 is 0.883 bits per heavy atom. The zero-order valence-electron chi connectivity index (χ0n) is 39.4. The molecule has 0 unspecified atom stereocenters. The van der Waals surface area contributed by atoms with Gasteiger partial charge in [-0.05, 0) is 73.6 Å². The molecule has 0 radical (unpaired) electrons. The molecule has 0 aromatic heterocycles. The van der Waals surface area contributed by atoms with E-state index in [2.05, 4.69) is 66.6 Å². The molecule has 4 aromatic carbocycles. The van der Waals surface area contributed by atoms with Crippen LogP contribution in [0, 0.1) is 0 Å². The third-order valence-corrected chi connectivity index (χ3v) is 12.5. The highest BCUT2D eigenvalue weighted by atomic mass is 16.5. The van der Waals surface area contributed by atoms with Gasteiger partial charge in [-0.15, -0.1) is 0 Å². The van der Waals surface area contributed by atoms with Crippen molar-refractivity contribution in [3.63, 3.8) is 0 Å². The molecule has 6 nitrogen and oxygen atoms in total. The maximum Gasteiger partial charge on any atom is 0.311 e. The summed E-state index contributed by atoms with van der Waals surface area (Å²) in [6, 6.07) is 16.2. The van der Waals surface area contributed by atoms with Crippen molar-refractivity contribution in [3.05, 3.63) is 48.5 Å². The summed E-state index contributed by atoms with van der Waals surface area (Å²) in [4.78, 5) is 26.0. The Morgan fingerprint density at radius 2 is 0.600 bits per heavy atom. The minimum Gasteiger partial charge on any atom is -0.426 e. The van der Waals surface area contributed by atoms with E-state index in [1.54, 1.807) is 0 Å². The molecule has 0 aliphatic carbocycles. The largest absolute Gasteiger partial charge is 0.426 e. The number of quaternary nitrogens is 2. The first-order chi connectivity index (χ1) is 28.9. The average molecular weight is 827 g/mol. The Balaban J connectivity index is 1.09. The maximum atomic E-state index is 13.0. The zero-order valence-corrected chi connectivity index (χ0v) is 39.4. The van der Waals surface area contributed by atoms with Crippen molar-refractivity contribution < 1.29 is 28.0 Å². The van der Waals surface area contributed by atoms with E-state index >= 15 is 0 Å². The molecular weight excluding hydrogens is 741 g/mol. The van der Waals surface area contributed by atoms with Crippen molar-refractivity contribution in [3.8, 4) is 11.5 Å². The molecule has 0 saturated heterocycles. The molecule has 0 N–H and O–H groups in total. The molecular formula is C54H86N2O4+2. The minimum absolute atomic E-state index is 0.167. The van der Waals surface area contributed by atoms with Crippen LogP contribution in [0.2, 0.25) is 0 Å². The maximum absolute atomic E-state index is 13.0. The van der Waals surface area contributed by atoms with Crippen LogP contribution in [-0.2, 0) is 9.59 Å². The smallest absolute Gasteiger partial charge is 0.311 e. The van der Waals surface area contributed by atoms with Gasteiger partial charge in [0.1, 0.15) is 11.5 Å². The summed E-state index contributed by atoms with van der Waals surface area (Å²) in [5.41, 5.74) is 0. The Bertz CT molecular complexity index is 1670. The van der Waals surface area contributed by atoms with Crippen molar-refractivity contribution in [2.24, 2.45) is 0 Å². The molecule has 6 heteroatoms. The number of unbranched alkanes of at least 4 members (excludes halogenated alkanes) is 24. The number of hydrogen-bond donors (Lipinski definition) is 0. The number of carbonyl (C=O) groups excluding carboxylic acids is 2. The summed E-state index contributed by atoms with van der Waals surface area (Å²) in [5.74, 6) is 0.871. The molecule has 4 aromatic rings. The predicted molar refractivity (Wildman–Crippen MR) is 256 cm³/mol. The van der Waals surface area contributed by atoms with E-state index in [0.717, 1.165) is 67.0 Å². The molecule has 0 aliphatic rings. The predicted octanol–water partition coefficient (Wildman–Crippen LogP) is 14.7. The fourth-order valence-corrected chi connectivity index (χ4v) is 8.87. The second-order valence-electron chi connectivity index (χ2n) is 20.2. The lowest BCUT2D eigenvalue weighted by Gasteiger charge is -2.23. The number of carbonyl (C=O) groups is 2. The monoisotopic (exact) mass is 827 g/mol. The first kappa shape index (κ1) is 49.4. The van der Waals surface area contributed by atoms with Crippen molar-refractivity contribution in [1.82, 2.24) is 0 Å². The zero-order chi connectivity index (χ0) is 43.1. The number of ether oxygens (including phenoxy) is 2. The Morgan fingerprint density at radius 1 is 0.350 bits per heavy atom. The normalized spacial score (nSPS) is 12.3. The highest BCUT2D eigenvalue weighted by Crippen LogP contribution is 2.42. The minimum atomic E-state index is -0.167. The summed E-state index contributed by atoms with van der Waals surface area (Å²) < 4.78 is 14.1. The first-order valence-electron chi connectivity index (χ1n) is 24.6. The van der Waals surface area contributed by atoms with Gasteiger partial charge in [-0.1, -0.05) is 153 Å². The number of esters is 2. The lowest BCUT2D eigenvalue weighted by Crippen LogP contribution is -2.35. The molecule has 0 bridgehead atoms. The highest BCUT2D eigenvalue weighted by Gasteiger charge is 2.17. The third-order valence-electron chi connectivity index (χ3n) is 12.5. The van der Waals surface area contributed by atoms with Crippen LogP contribution in [0.1, 0.15) is 180 Å². The molecule has 4 rings (SSSR count). The lowest BCUT2D eigenvalue weighted by molar-refractivity contribution is -0.870. The van der Waals surface area contributed by atoms with Crippen LogP contribution in [-0.4, -0.2) is 76.3 Å². The van der Waals surface area contributed by atoms with Crippen LogP contribution in [0.4, 0.5) is 0 Å². The fraction of sp³-hybridized carbons (Fsp3) is 0.667. The quantitative estimate of drug-likeness (QED) is 0.0155. The van der Waals surface area contributed by atoms with Crippen LogP contribution < -0.4 is 9.47 Å². The molecule has 0 saturated carbocycles. The SMILES string of the molecule is C[N+](C)(C)CCCCCCCCCCCCCCCC(=O)Oc1ccc2ccc3c(OC(=O)CCCCCCCCCCCCCCC[N+](C)(C)C)ccc4ccc1c2c43. The van der Waals surface area contributed by atoms with Gasteiger partial charge in [-0.3, -0.25) is 9.59 Å². The van der Waals surface area contributed by atoms with Crippen LogP contribution in [0.5, 0.6) is 11.5 Å². The summed E-state index contributed by atoms with van der Waals surface area (Å²) in [5, 5.41) is 6.11. The van der Waals surface area contributed by atoms with Gasteiger partial charge in [0.05, 0.1) is 55.4 Å². The molecule has 0 aliphatic heterocycles. The molecule has 0 atom stereocenters. The molecule has 0 spiro atoms. The van der Waals surface area contributed by atoms with E-state index in [9.17, 15) is 9.59 Å². The Hall–Kier alpha value is -3.22. The van der Waals surface area contributed by atoms with Crippen LogP contribution in [0.25, 0.3) is 32.3 Å². The van der Waals surface area contributed by atoms with Gasteiger partial charge in [0.15, 0.2) is 0 Å². The van der Waals surface area contributed by atoms with E-state index in [1.165, 1.54) is 154 Å². The number of hydrogen-bond acceptors (Lipinski definition) is 4. The van der Waals surface area contributed by atoms with Gasteiger partial charge in [0.2, 0.25) is 0 Å². The average Bonchev–Trinajstić information content (AvgIpc) is 3.20. The standard InChI is InChI=1S/C54H86N2O4/c1-55(2,3)43-31-27-23-19-15-11-7-9-13-17-21-25-29-33-51(57)59-49-41-37-45-36-40-48-50(42-38-46-35-39-47(49)53(45)54(46)48)60-52(58)34-30-26-22-18-14-10-8-12-16-20-24-28-32-44-56(4,5)6/h35-42H,7-34,43-44H2,1-6H3/q+2. The van der Waals surface area contributed by atoms with Gasteiger partial charge in [-0.2, -0.15) is 0 Å². The van der Waals surface area contributed by atoms with Gasteiger partial charge in [-0.25, -0.2) is 0 Å². The van der Waals surface area contributed by atoms with E-state index in [0.29, 0.717) is 24.3 Å². The van der Waals surface area contributed by atoms with E-state index in [4.69, 9.17) is 9.47 Å². The van der Waals surface area contributed by atoms with Crippen molar-refractivity contribution in [2.75, 3.05) is 55.4 Å². The van der Waals surface area contributed by atoms with E-state index < -0.39 is 0 Å². The topological polar surface area (TPSA) is 52.6 Å². The van der Waals surface area contributed by atoms with Gasteiger partial charge < -0.3 is 18.4 Å². The van der Waals surface area contributed by atoms with Gasteiger partial charge in [0, 0.05) is 34.4 Å². The third kappa shape index (κ3) is 19.2. The number of benzene rings is 4. The van der Waals surface area contributed by atoms with Crippen molar-refractivity contribution >= 4 is 44.3 Å². The fourth-order valence-electron chi connectivity index (χ4n) is 8.87. The second-order valence-corrected chi connectivity index (χ2v) is 20.2. The van der Waals surface area contributed by atoms with Crippen LogP contribution in [0.3, 0.4) is 0 Å². The summed E-state index contributed by atoms with van der Waals surface area (Å²) in [6.07, 6.45) is 34.1. The summed E-state index contributed by atoms with van der Waals surface area (Å²) >= 11 is 0. The van der Waals surface area contributed by atoms with E-state index in [1.807, 2.05) is 24.3 Å². The Labute approximate surface area is 366 Å². The highest BCUT2D eigenvalue weighted by molar-refractivity contribution is 6.25. The van der Waals surface area contributed by atoms with Crippen molar-refractivity contribution in [1.29, 1.82) is 0 Å². The summed E-state index contributed by atoms with van der Waals surface area (Å²) in [7, 11) is 13.7. The first-order valence-corrected chi connectivity index (χ1v) is 24.6. The van der Waals surface area contributed by atoms with Gasteiger partial charge >= 0.3 is 11.9 Å². The number of nitrogens with zero attached hydrogens (tertiary/aromatic N) is 2. The molecule has 0 heterocycles. The van der Waals surface area contributed by atoms with E-state index in [-0.39, 0.29) is 11.9 Å². The molecule has 60 heavy (non-hydrogen) atoms. The summed E-state index contributed by atoms with van der Waals surface area (Å²) in [6.45, 7) is 2.56. The number of rotatable bonds is 34. The molecule has 334 valence electrons. The molecule has 0 amide bonds. The lowest BCUT2D eigenvalue weighted by atomic mass is 9.93. The van der Waals surface area contributed by atoms with Crippen molar-refractivity contribution in [2.45, 2.75) is 180 Å². The second kappa shape index (κ2) is 27.0.